The summed E-state index contributed by atoms with van der Waals surface area (Å²) in [6.45, 7) is 0. The van der Waals surface area contributed by atoms with Crippen molar-refractivity contribution in [2.24, 2.45) is 0 Å². The van der Waals surface area contributed by atoms with Crippen LogP contribution >= 0.6 is 22.9 Å². The van der Waals surface area contributed by atoms with Gasteiger partial charge >= 0.3 is 0 Å². The summed E-state index contributed by atoms with van der Waals surface area (Å²) in [7, 11) is 1.77. The third-order valence-electron chi connectivity index (χ3n) is 2.06. The first-order valence-electron chi connectivity index (χ1n) is 4.64. The number of carbonyl (C=O) groups is 1. The summed E-state index contributed by atoms with van der Waals surface area (Å²) < 4.78 is 0. The van der Waals surface area contributed by atoms with E-state index >= 15 is 0 Å². The van der Waals surface area contributed by atoms with Crippen molar-refractivity contribution in [2.75, 3.05) is 12.4 Å². The lowest BCUT2D eigenvalue weighted by atomic mass is 10.1. The Hall–Kier alpha value is -1.39. The van der Waals surface area contributed by atoms with Crippen molar-refractivity contribution in [2.45, 2.75) is 0 Å². The number of hydrogen-bond acceptors (Lipinski definition) is 4. The number of anilines is 1. The molecule has 82 valence electrons. The number of nitrogens with one attached hydrogen (secondary N) is 1. The second-order valence-electron chi connectivity index (χ2n) is 3.12. The molecular weight excluding hydrogens is 244 g/mol. The molecule has 1 N–H and O–H groups in total. The molecule has 0 saturated heterocycles. The van der Waals surface area contributed by atoms with Gasteiger partial charge in [0.15, 0.2) is 5.13 Å². The Morgan fingerprint density at radius 2 is 2.06 bits per heavy atom. The second-order valence-corrected chi connectivity index (χ2v) is 4.42. The molecule has 3 nitrogen and oxygen atoms in total. The number of benzene rings is 1. The Bertz CT molecular complexity index is 507. The van der Waals surface area contributed by atoms with E-state index in [4.69, 9.17) is 11.6 Å². The molecule has 0 radical (unpaired) electrons. The average Bonchev–Trinajstić information content (AvgIpc) is 2.77. The first-order chi connectivity index (χ1) is 7.70. The summed E-state index contributed by atoms with van der Waals surface area (Å²) in [6, 6.07) is 6.78. The number of carbonyl (C=O) groups excluding carboxylic acids is 1. The molecule has 0 unspecified atom stereocenters. The number of aromatic nitrogens is 1. The number of nitrogens with zero attached hydrogens (tertiary/aromatic N) is 1. The van der Waals surface area contributed by atoms with Crippen LogP contribution in [0.2, 0.25) is 5.02 Å². The fourth-order valence-electron chi connectivity index (χ4n) is 1.24. The highest BCUT2D eigenvalue weighted by molar-refractivity contribution is 7.13. The predicted molar refractivity (Wildman–Crippen MR) is 66.5 cm³/mol. The summed E-state index contributed by atoms with van der Waals surface area (Å²) in [4.78, 5) is 16.1. The van der Waals surface area contributed by atoms with Gasteiger partial charge in [0.1, 0.15) is 5.69 Å². The van der Waals surface area contributed by atoms with Crippen molar-refractivity contribution in [1.29, 1.82) is 0 Å². The summed E-state index contributed by atoms with van der Waals surface area (Å²) >= 11 is 7.16. The summed E-state index contributed by atoms with van der Waals surface area (Å²) in [5.41, 5.74) is 1.05. The lowest BCUT2D eigenvalue weighted by Gasteiger charge is -1.97. The fraction of sp³-hybridized carbons (Fsp3) is 0.0909. The Kier molecular flexibility index (Phi) is 3.22. The number of rotatable bonds is 3. The second kappa shape index (κ2) is 4.63. The van der Waals surface area contributed by atoms with Crippen LogP contribution in [0.1, 0.15) is 16.1 Å². The van der Waals surface area contributed by atoms with E-state index in [0.29, 0.717) is 16.3 Å². The van der Waals surface area contributed by atoms with Crippen LogP contribution in [0.3, 0.4) is 0 Å². The van der Waals surface area contributed by atoms with E-state index in [9.17, 15) is 4.79 Å². The molecular formula is C11H9ClN2OS. The highest BCUT2D eigenvalue weighted by Crippen LogP contribution is 2.18. The van der Waals surface area contributed by atoms with Gasteiger partial charge < -0.3 is 5.32 Å². The van der Waals surface area contributed by atoms with E-state index in [1.165, 1.54) is 11.3 Å². The van der Waals surface area contributed by atoms with Gasteiger partial charge in [-0.1, -0.05) is 11.6 Å². The van der Waals surface area contributed by atoms with Crippen molar-refractivity contribution in [3.63, 3.8) is 0 Å². The standard InChI is InChI=1S/C11H9ClN2OS/c1-13-11-14-9(6-16-11)10(15)7-2-4-8(12)5-3-7/h2-6H,1H3,(H,13,14). The van der Waals surface area contributed by atoms with E-state index in [1.54, 1.807) is 36.7 Å². The van der Waals surface area contributed by atoms with Gasteiger partial charge in [0.2, 0.25) is 5.78 Å². The van der Waals surface area contributed by atoms with Gasteiger partial charge in [-0.2, -0.15) is 0 Å². The summed E-state index contributed by atoms with van der Waals surface area (Å²) in [6.07, 6.45) is 0. The Morgan fingerprint density at radius 1 is 1.38 bits per heavy atom. The minimum atomic E-state index is -0.0885. The number of ketones is 1. The quantitative estimate of drug-likeness (QED) is 0.854. The van der Waals surface area contributed by atoms with Crippen molar-refractivity contribution in [1.82, 2.24) is 4.98 Å². The van der Waals surface area contributed by atoms with Gasteiger partial charge in [0.25, 0.3) is 0 Å². The Morgan fingerprint density at radius 3 is 2.62 bits per heavy atom. The molecule has 1 aromatic heterocycles. The third-order valence-corrected chi connectivity index (χ3v) is 3.17. The van der Waals surface area contributed by atoms with Crippen LogP contribution in [0.15, 0.2) is 29.6 Å². The molecule has 16 heavy (non-hydrogen) atoms. The van der Waals surface area contributed by atoms with Crippen LogP contribution in [0.4, 0.5) is 5.13 Å². The van der Waals surface area contributed by atoms with Crippen molar-refractivity contribution in [3.05, 3.63) is 45.9 Å². The topological polar surface area (TPSA) is 42.0 Å². The molecule has 0 aliphatic rings. The average molecular weight is 253 g/mol. The minimum absolute atomic E-state index is 0.0885. The zero-order chi connectivity index (χ0) is 11.5. The maximum atomic E-state index is 12.0. The van der Waals surface area contributed by atoms with Gasteiger partial charge in [-0.3, -0.25) is 4.79 Å². The Labute approximate surface area is 102 Å². The van der Waals surface area contributed by atoms with Crippen LogP contribution in [0, 0.1) is 0 Å². The van der Waals surface area contributed by atoms with Crippen molar-refractivity contribution in [3.8, 4) is 0 Å². The van der Waals surface area contributed by atoms with Crippen LogP contribution in [0.5, 0.6) is 0 Å². The van der Waals surface area contributed by atoms with Crippen LogP contribution in [-0.2, 0) is 0 Å². The lowest BCUT2D eigenvalue weighted by molar-refractivity contribution is 0.103. The van der Waals surface area contributed by atoms with Crippen molar-refractivity contribution >= 4 is 33.9 Å². The third kappa shape index (κ3) is 2.23. The molecule has 0 spiro atoms. The molecule has 0 amide bonds. The van der Waals surface area contributed by atoms with E-state index in [0.717, 1.165) is 5.13 Å². The summed E-state index contributed by atoms with van der Waals surface area (Å²) in [5.74, 6) is -0.0885. The molecule has 2 aromatic rings. The number of thiazole rings is 1. The van der Waals surface area contributed by atoms with Gasteiger partial charge in [-0.25, -0.2) is 4.98 Å². The first kappa shape index (κ1) is 11.1. The number of halogens is 1. The highest BCUT2D eigenvalue weighted by Gasteiger charge is 2.12. The zero-order valence-corrected chi connectivity index (χ0v) is 10.1. The van der Waals surface area contributed by atoms with Gasteiger partial charge in [0.05, 0.1) is 0 Å². The molecule has 1 aromatic carbocycles. The van der Waals surface area contributed by atoms with Crippen LogP contribution in [-0.4, -0.2) is 17.8 Å². The molecule has 0 bridgehead atoms. The molecule has 0 aliphatic carbocycles. The highest BCUT2D eigenvalue weighted by atomic mass is 35.5. The maximum absolute atomic E-state index is 12.0. The minimum Gasteiger partial charge on any atom is -0.365 e. The maximum Gasteiger partial charge on any atom is 0.212 e. The largest absolute Gasteiger partial charge is 0.365 e. The normalized spacial score (nSPS) is 10.1. The van der Waals surface area contributed by atoms with Crippen molar-refractivity contribution < 1.29 is 4.79 Å². The van der Waals surface area contributed by atoms with E-state index in [-0.39, 0.29) is 5.78 Å². The zero-order valence-electron chi connectivity index (χ0n) is 8.53. The van der Waals surface area contributed by atoms with Crippen LogP contribution < -0.4 is 5.32 Å². The Balaban J connectivity index is 2.28. The molecule has 1 heterocycles. The SMILES string of the molecule is CNc1nc(C(=O)c2ccc(Cl)cc2)cs1. The van der Waals surface area contributed by atoms with Gasteiger partial charge in [0, 0.05) is 23.0 Å². The van der Waals surface area contributed by atoms with Crippen LogP contribution in [0.25, 0.3) is 0 Å². The van der Waals surface area contributed by atoms with E-state index < -0.39 is 0 Å². The molecule has 0 aliphatic heterocycles. The molecule has 0 atom stereocenters. The fourth-order valence-corrected chi connectivity index (χ4v) is 2.02. The summed E-state index contributed by atoms with van der Waals surface area (Å²) in [5, 5.41) is 5.99. The lowest BCUT2D eigenvalue weighted by Crippen LogP contribution is -2.01. The van der Waals surface area contributed by atoms with Gasteiger partial charge in [-0.15, -0.1) is 11.3 Å². The number of hydrogen-bond donors (Lipinski definition) is 1. The monoisotopic (exact) mass is 252 g/mol. The van der Waals surface area contributed by atoms with E-state index in [2.05, 4.69) is 10.3 Å². The smallest absolute Gasteiger partial charge is 0.212 e. The molecule has 2 rings (SSSR count). The van der Waals surface area contributed by atoms with Gasteiger partial charge in [-0.05, 0) is 24.3 Å². The molecule has 0 saturated carbocycles. The predicted octanol–water partition coefficient (Wildman–Crippen LogP) is 3.07. The molecule has 5 heteroatoms. The first-order valence-corrected chi connectivity index (χ1v) is 5.90. The van der Waals surface area contributed by atoms with E-state index in [1.807, 2.05) is 0 Å². The molecule has 0 fully saturated rings.